The van der Waals surface area contributed by atoms with Crippen molar-refractivity contribution in [1.29, 1.82) is 0 Å². The SMILES string of the molecule is CNC(C(=O)Nc1ccc(N2CCCC2=O)cc1)c1cnn(C)c1.Cl. The highest BCUT2D eigenvalue weighted by atomic mass is 35.5. The maximum atomic E-state index is 12.5. The Morgan fingerprint density at radius 1 is 1.28 bits per heavy atom. The molecule has 0 saturated carbocycles. The van der Waals surface area contributed by atoms with Crippen molar-refractivity contribution in [3.63, 3.8) is 0 Å². The van der Waals surface area contributed by atoms with Crippen molar-refractivity contribution < 1.29 is 9.59 Å². The number of halogens is 1. The Hall–Kier alpha value is -2.38. The smallest absolute Gasteiger partial charge is 0.246 e. The predicted molar refractivity (Wildman–Crippen MR) is 98.9 cm³/mol. The molecule has 1 aliphatic heterocycles. The highest BCUT2D eigenvalue weighted by Gasteiger charge is 2.22. The van der Waals surface area contributed by atoms with Gasteiger partial charge in [0.05, 0.1) is 6.20 Å². The summed E-state index contributed by atoms with van der Waals surface area (Å²) in [6.45, 7) is 0.757. The molecule has 8 heteroatoms. The van der Waals surface area contributed by atoms with E-state index in [1.165, 1.54) is 0 Å². The van der Waals surface area contributed by atoms with Crippen LogP contribution in [0.1, 0.15) is 24.4 Å². The van der Waals surface area contributed by atoms with Crippen molar-refractivity contribution in [2.45, 2.75) is 18.9 Å². The zero-order chi connectivity index (χ0) is 17.1. The molecule has 2 amide bonds. The second-order valence-electron chi connectivity index (χ2n) is 5.85. The van der Waals surface area contributed by atoms with Gasteiger partial charge in [-0.3, -0.25) is 14.3 Å². The van der Waals surface area contributed by atoms with Crippen LogP contribution in [0.15, 0.2) is 36.7 Å². The van der Waals surface area contributed by atoms with Crippen LogP contribution in [0, 0.1) is 0 Å². The van der Waals surface area contributed by atoms with Crippen molar-refractivity contribution in [2.24, 2.45) is 7.05 Å². The zero-order valence-corrected chi connectivity index (χ0v) is 15.0. The molecule has 2 N–H and O–H groups in total. The number of benzene rings is 1. The molecule has 1 saturated heterocycles. The number of nitrogens with one attached hydrogen (secondary N) is 2. The molecule has 25 heavy (non-hydrogen) atoms. The number of carbonyl (C=O) groups excluding carboxylic acids is 2. The van der Waals surface area contributed by atoms with E-state index in [0.717, 1.165) is 24.2 Å². The van der Waals surface area contributed by atoms with Crippen molar-refractivity contribution in [3.8, 4) is 0 Å². The second kappa shape index (κ2) is 8.13. The van der Waals surface area contributed by atoms with E-state index in [9.17, 15) is 9.59 Å². The molecule has 0 aliphatic carbocycles. The summed E-state index contributed by atoms with van der Waals surface area (Å²) >= 11 is 0. The summed E-state index contributed by atoms with van der Waals surface area (Å²) in [5.74, 6) is -0.00545. The van der Waals surface area contributed by atoms with Gasteiger partial charge in [0.15, 0.2) is 0 Å². The Kier molecular flexibility index (Phi) is 6.17. The van der Waals surface area contributed by atoms with Crippen LogP contribution in [-0.4, -0.2) is 35.2 Å². The number of rotatable bonds is 5. The molecule has 7 nitrogen and oxygen atoms in total. The molecule has 0 spiro atoms. The minimum Gasteiger partial charge on any atom is -0.324 e. The van der Waals surface area contributed by atoms with Gasteiger partial charge in [0.25, 0.3) is 0 Å². The Morgan fingerprint density at radius 3 is 2.52 bits per heavy atom. The third-order valence-corrected chi connectivity index (χ3v) is 4.13. The molecule has 2 heterocycles. The Balaban J connectivity index is 0.00000225. The van der Waals surface area contributed by atoms with Crippen molar-refractivity contribution >= 4 is 35.6 Å². The van der Waals surface area contributed by atoms with Gasteiger partial charge in [-0.25, -0.2) is 0 Å². The Morgan fingerprint density at radius 2 is 2.00 bits per heavy atom. The molecule has 1 unspecified atom stereocenters. The number of likely N-dealkylation sites (N-methyl/N-ethyl adjacent to an activating group) is 1. The second-order valence-corrected chi connectivity index (χ2v) is 5.85. The van der Waals surface area contributed by atoms with Crippen LogP contribution in [0.25, 0.3) is 0 Å². The van der Waals surface area contributed by atoms with E-state index >= 15 is 0 Å². The Bertz CT molecular complexity index is 744. The van der Waals surface area contributed by atoms with Gasteiger partial charge in [0.1, 0.15) is 6.04 Å². The number of hydrogen-bond acceptors (Lipinski definition) is 4. The first kappa shape index (κ1) is 19.0. The third kappa shape index (κ3) is 4.18. The standard InChI is InChI=1S/C17H21N5O2.ClH/c1-18-16(12-10-19-21(2)11-12)17(24)20-13-5-7-14(8-6-13)22-9-3-4-15(22)23;/h5-8,10-11,16,18H,3-4,9H2,1-2H3,(H,20,24);1H. The maximum absolute atomic E-state index is 12.5. The van der Waals surface area contributed by atoms with Gasteiger partial charge in [-0.15, -0.1) is 12.4 Å². The monoisotopic (exact) mass is 363 g/mol. The molecule has 0 radical (unpaired) electrons. The molecule has 134 valence electrons. The first-order valence-corrected chi connectivity index (χ1v) is 7.95. The van der Waals surface area contributed by atoms with Crippen molar-refractivity contribution in [3.05, 3.63) is 42.2 Å². The molecule has 2 aromatic rings. The van der Waals surface area contributed by atoms with E-state index in [4.69, 9.17) is 0 Å². The molecular weight excluding hydrogens is 342 g/mol. The fourth-order valence-corrected chi connectivity index (χ4v) is 2.90. The average Bonchev–Trinajstić information content (AvgIpc) is 3.18. The minimum absolute atomic E-state index is 0. The van der Waals surface area contributed by atoms with Gasteiger partial charge in [0.2, 0.25) is 11.8 Å². The van der Waals surface area contributed by atoms with Crippen LogP contribution >= 0.6 is 12.4 Å². The van der Waals surface area contributed by atoms with E-state index in [-0.39, 0.29) is 24.2 Å². The number of carbonyl (C=O) groups is 2. The van der Waals surface area contributed by atoms with Gasteiger partial charge in [-0.05, 0) is 37.7 Å². The molecule has 3 rings (SSSR count). The molecule has 1 aromatic heterocycles. The number of amides is 2. The fourth-order valence-electron chi connectivity index (χ4n) is 2.90. The van der Waals surface area contributed by atoms with Crippen molar-refractivity contribution in [2.75, 3.05) is 23.8 Å². The average molecular weight is 364 g/mol. The summed E-state index contributed by atoms with van der Waals surface area (Å²) < 4.78 is 1.66. The van der Waals surface area contributed by atoms with Gasteiger partial charge >= 0.3 is 0 Å². The molecular formula is C17H22ClN5O2. The molecule has 1 atom stereocenters. The van der Waals surface area contributed by atoms with E-state index in [0.29, 0.717) is 12.1 Å². The highest BCUT2D eigenvalue weighted by Crippen LogP contribution is 2.23. The van der Waals surface area contributed by atoms with E-state index in [2.05, 4.69) is 15.7 Å². The number of anilines is 2. The van der Waals surface area contributed by atoms with Gasteiger partial charge in [-0.2, -0.15) is 5.10 Å². The van der Waals surface area contributed by atoms with Crippen LogP contribution in [0.4, 0.5) is 11.4 Å². The van der Waals surface area contributed by atoms with Crippen LogP contribution in [0.5, 0.6) is 0 Å². The van der Waals surface area contributed by atoms with E-state index < -0.39 is 6.04 Å². The molecule has 1 aliphatic rings. The number of nitrogens with zero attached hydrogens (tertiary/aromatic N) is 3. The zero-order valence-electron chi connectivity index (χ0n) is 14.2. The summed E-state index contributed by atoms with van der Waals surface area (Å²) in [6, 6.07) is 6.87. The lowest BCUT2D eigenvalue weighted by atomic mass is 10.1. The van der Waals surface area contributed by atoms with Crippen LogP contribution in [-0.2, 0) is 16.6 Å². The lowest BCUT2D eigenvalue weighted by molar-refractivity contribution is -0.118. The Labute approximate surface area is 152 Å². The molecule has 1 fully saturated rings. The quantitative estimate of drug-likeness (QED) is 0.850. The lowest BCUT2D eigenvalue weighted by Crippen LogP contribution is -2.30. The van der Waals surface area contributed by atoms with E-state index in [1.807, 2.05) is 37.5 Å². The fraction of sp³-hybridized carbons (Fsp3) is 0.353. The maximum Gasteiger partial charge on any atom is 0.246 e. The molecule has 0 bridgehead atoms. The van der Waals surface area contributed by atoms with Crippen LogP contribution in [0.2, 0.25) is 0 Å². The summed E-state index contributed by atoms with van der Waals surface area (Å²) in [5.41, 5.74) is 2.37. The normalized spacial score (nSPS) is 15.0. The van der Waals surface area contributed by atoms with Gasteiger partial charge in [-0.1, -0.05) is 0 Å². The summed E-state index contributed by atoms with van der Waals surface area (Å²) in [4.78, 5) is 26.0. The molecule has 1 aromatic carbocycles. The lowest BCUT2D eigenvalue weighted by Gasteiger charge is -2.17. The van der Waals surface area contributed by atoms with Gasteiger partial charge in [0, 0.05) is 43.1 Å². The van der Waals surface area contributed by atoms with Crippen molar-refractivity contribution in [1.82, 2.24) is 15.1 Å². The summed E-state index contributed by atoms with van der Waals surface area (Å²) in [7, 11) is 3.55. The number of hydrogen-bond donors (Lipinski definition) is 2. The third-order valence-electron chi connectivity index (χ3n) is 4.13. The van der Waals surface area contributed by atoms with Gasteiger partial charge < -0.3 is 15.5 Å². The summed E-state index contributed by atoms with van der Waals surface area (Å²) in [6.07, 6.45) is 4.98. The largest absolute Gasteiger partial charge is 0.324 e. The first-order chi connectivity index (χ1) is 11.6. The first-order valence-electron chi connectivity index (χ1n) is 7.95. The van der Waals surface area contributed by atoms with Crippen LogP contribution < -0.4 is 15.5 Å². The summed E-state index contributed by atoms with van der Waals surface area (Å²) in [5, 5.41) is 9.98. The highest BCUT2D eigenvalue weighted by molar-refractivity contribution is 5.97. The van der Waals surface area contributed by atoms with E-state index in [1.54, 1.807) is 22.8 Å². The number of aryl methyl sites for hydroxylation is 1. The number of aromatic nitrogens is 2. The predicted octanol–water partition coefficient (Wildman–Crippen LogP) is 1.87. The minimum atomic E-state index is -0.474. The topological polar surface area (TPSA) is 79.3 Å². The van der Waals surface area contributed by atoms with Crippen LogP contribution in [0.3, 0.4) is 0 Å².